The highest BCUT2D eigenvalue weighted by molar-refractivity contribution is 5.94. The zero-order valence-corrected chi connectivity index (χ0v) is 11.3. The van der Waals surface area contributed by atoms with Gasteiger partial charge in [0.1, 0.15) is 0 Å². The number of hydrogen-bond donors (Lipinski definition) is 1. The first-order chi connectivity index (χ1) is 9.61. The highest BCUT2D eigenvalue weighted by Gasteiger charge is 2.20. The molecule has 0 bridgehead atoms. The summed E-state index contributed by atoms with van der Waals surface area (Å²) in [6.07, 6.45) is 0.857. The smallest absolute Gasteiger partial charge is 0.254 e. The summed E-state index contributed by atoms with van der Waals surface area (Å²) in [5.41, 5.74) is 5.72. The van der Waals surface area contributed by atoms with Crippen molar-refractivity contribution in [2.45, 2.75) is 6.42 Å². The van der Waals surface area contributed by atoms with Gasteiger partial charge in [-0.3, -0.25) is 4.79 Å². The van der Waals surface area contributed by atoms with Gasteiger partial charge in [0, 0.05) is 38.3 Å². The van der Waals surface area contributed by atoms with Crippen LogP contribution in [0.2, 0.25) is 0 Å². The Morgan fingerprint density at radius 2 is 1.95 bits per heavy atom. The number of benzene rings is 1. The molecule has 1 aromatic rings. The van der Waals surface area contributed by atoms with E-state index < -0.39 is 11.6 Å². The number of hydrogen-bond acceptors (Lipinski definition) is 3. The van der Waals surface area contributed by atoms with Gasteiger partial charge < -0.3 is 15.5 Å². The normalized spacial score (nSPS) is 17.1. The monoisotopic (exact) mass is 283 g/mol. The molecule has 0 spiro atoms. The quantitative estimate of drug-likeness (QED) is 0.903. The highest BCUT2D eigenvalue weighted by Crippen LogP contribution is 2.13. The van der Waals surface area contributed by atoms with Crippen LogP contribution < -0.4 is 5.73 Å². The molecule has 1 heterocycles. The molecule has 110 valence electrons. The molecule has 1 aliphatic heterocycles. The zero-order valence-electron chi connectivity index (χ0n) is 11.3. The Bertz CT molecular complexity index is 481. The fourth-order valence-electron chi connectivity index (χ4n) is 2.39. The molecule has 1 aromatic carbocycles. The minimum atomic E-state index is -0.990. The summed E-state index contributed by atoms with van der Waals surface area (Å²) in [4.78, 5) is 16.2. The minimum absolute atomic E-state index is 0.191. The first kappa shape index (κ1) is 14.9. The van der Waals surface area contributed by atoms with Gasteiger partial charge in [0.15, 0.2) is 11.6 Å². The van der Waals surface area contributed by atoms with Crippen molar-refractivity contribution < 1.29 is 13.6 Å². The lowest BCUT2D eigenvalue weighted by Crippen LogP contribution is -2.36. The minimum Gasteiger partial charge on any atom is -0.337 e. The lowest BCUT2D eigenvalue weighted by atomic mass is 10.2. The van der Waals surface area contributed by atoms with Crippen LogP contribution in [0.15, 0.2) is 18.2 Å². The van der Waals surface area contributed by atoms with Crippen LogP contribution in [0.25, 0.3) is 0 Å². The van der Waals surface area contributed by atoms with Gasteiger partial charge in [0.05, 0.1) is 0 Å². The van der Waals surface area contributed by atoms with Crippen molar-refractivity contribution in [3.8, 4) is 0 Å². The summed E-state index contributed by atoms with van der Waals surface area (Å²) in [6.45, 7) is 4.27. The molecule has 4 nitrogen and oxygen atoms in total. The van der Waals surface area contributed by atoms with Crippen LogP contribution in [0.5, 0.6) is 0 Å². The Kier molecular flexibility index (Phi) is 5.03. The molecular formula is C14H19F2N3O. The van der Waals surface area contributed by atoms with Crippen LogP contribution in [0.3, 0.4) is 0 Å². The summed E-state index contributed by atoms with van der Waals surface area (Å²) < 4.78 is 26.1. The molecule has 1 saturated heterocycles. The second-order valence-corrected chi connectivity index (χ2v) is 4.90. The maximum absolute atomic E-state index is 13.2. The average Bonchev–Trinajstić information content (AvgIpc) is 2.67. The largest absolute Gasteiger partial charge is 0.337 e. The summed E-state index contributed by atoms with van der Waals surface area (Å²) in [5.74, 6) is -2.18. The molecule has 0 atom stereocenters. The second kappa shape index (κ2) is 6.76. The Labute approximate surface area is 117 Å². The first-order valence-electron chi connectivity index (χ1n) is 6.78. The number of carbonyl (C=O) groups excluding carboxylic acids is 1. The summed E-state index contributed by atoms with van der Waals surface area (Å²) in [5, 5.41) is 0. The van der Waals surface area contributed by atoms with Gasteiger partial charge in [0.2, 0.25) is 0 Å². The molecule has 1 amide bonds. The topological polar surface area (TPSA) is 49.6 Å². The Morgan fingerprint density at radius 3 is 2.65 bits per heavy atom. The van der Waals surface area contributed by atoms with Crippen molar-refractivity contribution in [3.05, 3.63) is 35.4 Å². The number of nitrogens with two attached hydrogens (primary N) is 1. The van der Waals surface area contributed by atoms with E-state index in [2.05, 4.69) is 4.90 Å². The number of nitrogens with zero attached hydrogens (tertiary/aromatic N) is 2. The predicted octanol–water partition coefficient (Wildman–Crippen LogP) is 1.07. The van der Waals surface area contributed by atoms with Crippen LogP contribution in [0, 0.1) is 11.6 Å². The third-order valence-corrected chi connectivity index (χ3v) is 3.49. The van der Waals surface area contributed by atoms with Crippen molar-refractivity contribution in [2.24, 2.45) is 5.73 Å². The van der Waals surface area contributed by atoms with E-state index in [0.717, 1.165) is 38.2 Å². The Hall–Kier alpha value is -1.53. The van der Waals surface area contributed by atoms with Crippen molar-refractivity contribution in [1.29, 1.82) is 0 Å². The SMILES string of the molecule is NCCN1CCCN(C(=O)c2ccc(F)c(F)c2)CC1. The van der Waals surface area contributed by atoms with Gasteiger partial charge in [-0.05, 0) is 31.2 Å². The third kappa shape index (κ3) is 3.52. The molecule has 6 heteroatoms. The van der Waals surface area contributed by atoms with E-state index in [1.807, 2.05) is 0 Å². The molecule has 0 saturated carbocycles. The number of carbonyl (C=O) groups is 1. The van der Waals surface area contributed by atoms with E-state index in [1.54, 1.807) is 4.90 Å². The molecular weight excluding hydrogens is 264 g/mol. The van der Waals surface area contributed by atoms with Gasteiger partial charge in [0.25, 0.3) is 5.91 Å². The predicted molar refractivity (Wildman–Crippen MR) is 72.4 cm³/mol. The molecule has 20 heavy (non-hydrogen) atoms. The number of halogens is 2. The molecule has 2 N–H and O–H groups in total. The van der Waals surface area contributed by atoms with E-state index in [9.17, 15) is 13.6 Å². The van der Waals surface area contributed by atoms with Gasteiger partial charge >= 0.3 is 0 Å². The summed E-state index contributed by atoms with van der Waals surface area (Å²) in [7, 11) is 0. The molecule has 0 aliphatic carbocycles. The molecule has 2 rings (SSSR count). The molecule has 0 unspecified atom stereocenters. The van der Waals surface area contributed by atoms with Crippen LogP contribution in [-0.2, 0) is 0 Å². The Balaban J connectivity index is 2.03. The summed E-state index contributed by atoms with van der Waals surface area (Å²) >= 11 is 0. The van der Waals surface area contributed by atoms with Crippen LogP contribution in [0.1, 0.15) is 16.8 Å². The van der Waals surface area contributed by atoms with E-state index in [1.165, 1.54) is 6.07 Å². The highest BCUT2D eigenvalue weighted by atomic mass is 19.2. The summed E-state index contributed by atoms with van der Waals surface area (Å²) in [6, 6.07) is 3.27. The lowest BCUT2D eigenvalue weighted by Gasteiger charge is -2.21. The van der Waals surface area contributed by atoms with E-state index in [4.69, 9.17) is 5.73 Å². The third-order valence-electron chi connectivity index (χ3n) is 3.49. The standard InChI is InChI=1S/C14H19F2N3O/c15-12-3-2-11(10-13(12)16)14(20)19-6-1-5-18(7-4-17)8-9-19/h2-3,10H,1,4-9,17H2. The Morgan fingerprint density at radius 1 is 1.15 bits per heavy atom. The van der Waals surface area contributed by atoms with Crippen molar-refractivity contribution >= 4 is 5.91 Å². The second-order valence-electron chi connectivity index (χ2n) is 4.90. The van der Waals surface area contributed by atoms with Gasteiger partial charge in [-0.15, -0.1) is 0 Å². The lowest BCUT2D eigenvalue weighted by molar-refractivity contribution is 0.0761. The fraction of sp³-hybridized carbons (Fsp3) is 0.500. The first-order valence-corrected chi connectivity index (χ1v) is 6.78. The number of rotatable bonds is 3. The van der Waals surface area contributed by atoms with Crippen molar-refractivity contribution in [2.75, 3.05) is 39.3 Å². The van der Waals surface area contributed by atoms with Crippen molar-refractivity contribution in [3.63, 3.8) is 0 Å². The van der Waals surface area contributed by atoms with Crippen LogP contribution >= 0.6 is 0 Å². The van der Waals surface area contributed by atoms with E-state index in [0.29, 0.717) is 19.6 Å². The fourth-order valence-corrected chi connectivity index (χ4v) is 2.39. The van der Waals surface area contributed by atoms with Gasteiger partial charge in [-0.2, -0.15) is 0 Å². The van der Waals surface area contributed by atoms with Crippen molar-refractivity contribution in [1.82, 2.24) is 9.80 Å². The van der Waals surface area contributed by atoms with Gasteiger partial charge in [-0.25, -0.2) is 8.78 Å². The van der Waals surface area contributed by atoms with E-state index >= 15 is 0 Å². The molecule has 0 radical (unpaired) electrons. The number of amides is 1. The van der Waals surface area contributed by atoms with Crippen LogP contribution in [0.4, 0.5) is 8.78 Å². The maximum atomic E-state index is 13.2. The van der Waals surface area contributed by atoms with Gasteiger partial charge in [-0.1, -0.05) is 0 Å². The van der Waals surface area contributed by atoms with E-state index in [-0.39, 0.29) is 11.5 Å². The maximum Gasteiger partial charge on any atom is 0.254 e. The zero-order chi connectivity index (χ0) is 14.5. The van der Waals surface area contributed by atoms with Crippen LogP contribution in [-0.4, -0.2) is 55.0 Å². The molecule has 1 fully saturated rings. The molecule has 1 aliphatic rings. The molecule has 0 aromatic heterocycles. The average molecular weight is 283 g/mol.